The summed E-state index contributed by atoms with van der Waals surface area (Å²) >= 11 is 1.50. The molecule has 0 saturated heterocycles. The van der Waals surface area contributed by atoms with Crippen LogP contribution in [0.2, 0.25) is 0 Å². The molecule has 0 radical (unpaired) electrons. The third kappa shape index (κ3) is 2.61. The lowest BCUT2D eigenvalue weighted by molar-refractivity contribution is 0.824. The Morgan fingerprint density at radius 2 is 2.13 bits per heavy atom. The van der Waals surface area contributed by atoms with Crippen LogP contribution < -0.4 is 5.32 Å². The normalized spacial score (nSPS) is 11.4. The van der Waals surface area contributed by atoms with Crippen LogP contribution in [0.25, 0.3) is 16.7 Å². The Bertz CT molecular complexity index is 988. The van der Waals surface area contributed by atoms with Crippen LogP contribution in [-0.2, 0) is 6.54 Å². The Balaban J connectivity index is 1.63. The van der Waals surface area contributed by atoms with Gasteiger partial charge in [0.1, 0.15) is 5.82 Å². The Hall–Kier alpha value is -2.61. The second-order valence-electron chi connectivity index (χ2n) is 5.19. The highest BCUT2D eigenvalue weighted by atomic mass is 32.2. The number of fused-ring (bicyclic) bond motifs is 2. The SMILES string of the molecule is CSc1nc(NCc2nc3ccc(C)cc3[nH]2)n2nccc2n1. The summed E-state index contributed by atoms with van der Waals surface area (Å²) < 4.78 is 1.69. The maximum Gasteiger partial charge on any atom is 0.228 e. The van der Waals surface area contributed by atoms with Crippen LogP contribution >= 0.6 is 11.8 Å². The Morgan fingerprint density at radius 1 is 1.22 bits per heavy atom. The molecule has 0 unspecified atom stereocenters. The Kier molecular flexibility index (Phi) is 3.38. The van der Waals surface area contributed by atoms with Gasteiger partial charge in [0.05, 0.1) is 23.8 Å². The van der Waals surface area contributed by atoms with Gasteiger partial charge in [0, 0.05) is 6.07 Å². The number of nitrogens with one attached hydrogen (secondary N) is 2. The molecule has 7 nitrogen and oxygen atoms in total. The number of aryl methyl sites for hydroxylation is 1. The summed E-state index contributed by atoms with van der Waals surface area (Å²) in [4.78, 5) is 16.8. The van der Waals surface area contributed by atoms with Crippen LogP contribution in [0.15, 0.2) is 35.6 Å². The molecule has 0 atom stereocenters. The lowest BCUT2D eigenvalue weighted by atomic mass is 10.2. The molecule has 3 heterocycles. The van der Waals surface area contributed by atoms with E-state index in [0.29, 0.717) is 17.6 Å². The average Bonchev–Trinajstić information content (AvgIpc) is 3.17. The van der Waals surface area contributed by atoms with E-state index >= 15 is 0 Å². The maximum absolute atomic E-state index is 4.58. The van der Waals surface area contributed by atoms with Gasteiger partial charge in [-0.2, -0.15) is 14.6 Å². The second kappa shape index (κ2) is 5.54. The van der Waals surface area contributed by atoms with Crippen molar-refractivity contribution in [3.63, 3.8) is 0 Å². The van der Waals surface area contributed by atoms with Crippen molar-refractivity contribution in [2.45, 2.75) is 18.6 Å². The number of aromatic nitrogens is 6. The Morgan fingerprint density at radius 3 is 3.00 bits per heavy atom. The van der Waals surface area contributed by atoms with Crippen molar-refractivity contribution < 1.29 is 0 Å². The van der Waals surface area contributed by atoms with E-state index < -0.39 is 0 Å². The zero-order chi connectivity index (χ0) is 15.8. The summed E-state index contributed by atoms with van der Waals surface area (Å²) in [7, 11) is 0. The van der Waals surface area contributed by atoms with Gasteiger partial charge < -0.3 is 10.3 Å². The van der Waals surface area contributed by atoms with Crippen LogP contribution in [0, 0.1) is 6.92 Å². The maximum atomic E-state index is 4.58. The zero-order valence-corrected chi connectivity index (χ0v) is 13.6. The fourth-order valence-electron chi connectivity index (χ4n) is 2.43. The molecule has 0 amide bonds. The minimum absolute atomic E-state index is 0.535. The van der Waals surface area contributed by atoms with Gasteiger partial charge in [-0.25, -0.2) is 9.97 Å². The van der Waals surface area contributed by atoms with Crippen molar-refractivity contribution >= 4 is 34.4 Å². The molecule has 0 fully saturated rings. The molecule has 0 bridgehead atoms. The first-order chi connectivity index (χ1) is 11.2. The van der Waals surface area contributed by atoms with Crippen LogP contribution in [-0.4, -0.2) is 35.8 Å². The molecule has 8 heteroatoms. The van der Waals surface area contributed by atoms with E-state index in [4.69, 9.17) is 0 Å². The minimum atomic E-state index is 0.535. The highest BCUT2D eigenvalue weighted by Gasteiger charge is 2.09. The topological polar surface area (TPSA) is 83.8 Å². The molecule has 116 valence electrons. The molecule has 2 N–H and O–H groups in total. The van der Waals surface area contributed by atoms with Gasteiger partial charge >= 0.3 is 0 Å². The summed E-state index contributed by atoms with van der Waals surface area (Å²) in [5, 5.41) is 8.24. The molecule has 0 saturated carbocycles. The van der Waals surface area contributed by atoms with Gasteiger partial charge in [0.25, 0.3) is 0 Å². The van der Waals surface area contributed by atoms with Crippen molar-refractivity contribution in [1.82, 2.24) is 29.5 Å². The van der Waals surface area contributed by atoms with E-state index in [1.807, 2.05) is 18.4 Å². The third-order valence-electron chi connectivity index (χ3n) is 3.52. The van der Waals surface area contributed by atoms with Gasteiger partial charge in [-0.3, -0.25) is 0 Å². The summed E-state index contributed by atoms with van der Waals surface area (Å²) in [6, 6.07) is 8.03. The molecule has 0 aliphatic heterocycles. The third-order valence-corrected chi connectivity index (χ3v) is 4.07. The molecule has 4 rings (SSSR count). The molecular formula is C15H15N7S. The lowest BCUT2D eigenvalue weighted by Crippen LogP contribution is -2.10. The van der Waals surface area contributed by atoms with E-state index in [1.54, 1.807) is 10.7 Å². The van der Waals surface area contributed by atoms with E-state index in [9.17, 15) is 0 Å². The van der Waals surface area contributed by atoms with E-state index in [0.717, 1.165) is 22.5 Å². The fraction of sp³-hybridized carbons (Fsp3) is 0.200. The van der Waals surface area contributed by atoms with Gasteiger partial charge in [-0.1, -0.05) is 17.8 Å². The summed E-state index contributed by atoms with van der Waals surface area (Å²) in [6.45, 7) is 2.60. The first-order valence-electron chi connectivity index (χ1n) is 7.18. The lowest BCUT2D eigenvalue weighted by Gasteiger charge is -2.06. The smallest absolute Gasteiger partial charge is 0.228 e. The number of H-pyrrole nitrogens is 1. The quantitative estimate of drug-likeness (QED) is 0.561. The summed E-state index contributed by atoms with van der Waals surface area (Å²) in [5.41, 5.74) is 3.98. The van der Waals surface area contributed by atoms with E-state index in [2.05, 4.69) is 49.4 Å². The number of anilines is 1. The molecule has 0 spiro atoms. The second-order valence-corrected chi connectivity index (χ2v) is 5.97. The number of hydrogen-bond acceptors (Lipinski definition) is 6. The highest BCUT2D eigenvalue weighted by molar-refractivity contribution is 7.98. The predicted octanol–water partition coefficient (Wildman–Crippen LogP) is 2.64. The van der Waals surface area contributed by atoms with Crippen LogP contribution in [0.4, 0.5) is 5.95 Å². The number of aromatic amines is 1. The first-order valence-corrected chi connectivity index (χ1v) is 8.40. The molecule has 0 aliphatic carbocycles. The van der Waals surface area contributed by atoms with Gasteiger partial charge in [-0.15, -0.1) is 0 Å². The molecule has 23 heavy (non-hydrogen) atoms. The average molecular weight is 325 g/mol. The number of imidazole rings is 1. The molecule has 1 aromatic carbocycles. The number of benzene rings is 1. The van der Waals surface area contributed by atoms with Crippen molar-refractivity contribution in [3.05, 3.63) is 41.9 Å². The number of thioether (sulfide) groups is 1. The monoisotopic (exact) mass is 325 g/mol. The van der Waals surface area contributed by atoms with E-state index in [1.165, 1.54) is 17.3 Å². The van der Waals surface area contributed by atoms with Gasteiger partial charge in [-0.05, 0) is 30.9 Å². The summed E-state index contributed by atoms with van der Waals surface area (Å²) in [5.74, 6) is 1.51. The zero-order valence-electron chi connectivity index (χ0n) is 12.7. The van der Waals surface area contributed by atoms with E-state index in [-0.39, 0.29) is 0 Å². The van der Waals surface area contributed by atoms with Crippen molar-refractivity contribution in [2.24, 2.45) is 0 Å². The van der Waals surface area contributed by atoms with Crippen molar-refractivity contribution in [2.75, 3.05) is 11.6 Å². The van der Waals surface area contributed by atoms with Gasteiger partial charge in [0.15, 0.2) is 10.8 Å². The van der Waals surface area contributed by atoms with Crippen LogP contribution in [0.3, 0.4) is 0 Å². The minimum Gasteiger partial charge on any atom is -0.347 e. The summed E-state index contributed by atoms with van der Waals surface area (Å²) in [6.07, 6.45) is 3.66. The predicted molar refractivity (Wildman–Crippen MR) is 90.7 cm³/mol. The largest absolute Gasteiger partial charge is 0.347 e. The number of hydrogen-bond donors (Lipinski definition) is 2. The standard InChI is InChI=1S/C15H15N7S/c1-9-3-4-10-11(7-9)19-12(18-10)8-16-14-21-15(23-2)20-13-5-6-17-22(13)14/h3-7H,8H2,1-2H3,(H,18,19)(H,16,20,21). The number of rotatable bonds is 4. The molecule has 3 aromatic heterocycles. The highest BCUT2D eigenvalue weighted by Crippen LogP contribution is 2.16. The van der Waals surface area contributed by atoms with Gasteiger partial charge in [0.2, 0.25) is 5.95 Å². The molecule has 0 aliphatic rings. The molecular weight excluding hydrogens is 310 g/mol. The van der Waals surface area contributed by atoms with Crippen molar-refractivity contribution in [3.8, 4) is 0 Å². The van der Waals surface area contributed by atoms with Crippen LogP contribution in [0.1, 0.15) is 11.4 Å². The first kappa shape index (κ1) is 14.0. The number of nitrogens with zero attached hydrogens (tertiary/aromatic N) is 5. The fourth-order valence-corrected chi connectivity index (χ4v) is 2.80. The van der Waals surface area contributed by atoms with Crippen molar-refractivity contribution in [1.29, 1.82) is 0 Å². The Labute approximate surface area is 136 Å². The van der Waals surface area contributed by atoms with Crippen LogP contribution in [0.5, 0.6) is 0 Å². The molecule has 4 aromatic rings.